The number of rotatable bonds is 8. The number of carbonyl (C=O) groups is 2. The first-order valence-corrected chi connectivity index (χ1v) is 10.0. The minimum Gasteiger partial charge on any atom is -0.494 e. The zero-order valence-electron chi connectivity index (χ0n) is 15.4. The van der Waals surface area contributed by atoms with Gasteiger partial charge in [0.1, 0.15) is 5.75 Å². The molecule has 0 saturated carbocycles. The van der Waals surface area contributed by atoms with Crippen molar-refractivity contribution in [3.63, 3.8) is 0 Å². The molecule has 1 aliphatic rings. The van der Waals surface area contributed by atoms with Crippen LogP contribution in [0.25, 0.3) is 0 Å². The lowest BCUT2D eigenvalue weighted by atomic mass is 10.0. The molecule has 0 atom stereocenters. The van der Waals surface area contributed by atoms with Gasteiger partial charge in [0.2, 0.25) is 11.8 Å². The summed E-state index contributed by atoms with van der Waals surface area (Å²) in [6.45, 7) is 0.995. The summed E-state index contributed by atoms with van der Waals surface area (Å²) in [5.41, 5.74) is 2.92. The molecular weight excluding hydrogens is 399 g/mol. The number of hydrogen-bond acceptors (Lipinski definition) is 3. The highest BCUT2D eigenvalue weighted by Gasteiger charge is 2.15. The Morgan fingerprint density at radius 3 is 2.68 bits per heavy atom. The Balaban J connectivity index is 1.34. The van der Waals surface area contributed by atoms with E-state index >= 15 is 0 Å². The molecule has 0 bridgehead atoms. The molecule has 2 N–H and O–H groups in total. The molecule has 5 nitrogen and oxygen atoms in total. The molecule has 3 rings (SSSR count). The number of anilines is 1. The Bertz CT molecular complexity index is 850. The first kappa shape index (κ1) is 20.5. The van der Waals surface area contributed by atoms with Crippen molar-refractivity contribution in [2.45, 2.75) is 32.1 Å². The Labute approximate surface area is 174 Å². The number of nitrogens with one attached hydrogen (secondary N) is 2. The van der Waals surface area contributed by atoms with E-state index in [4.69, 9.17) is 27.9 Å². The number of fused-ring (bicyclic) bond motifs is 1. The van der Waals surface area contributed by atoms with Crippen molar-refractivity contribution in [1.29, 1.82) is 0 Å². The standard InChI is InChI=1S/C21H22Cl2N2O3/c22-16-10-14(11-17(23)13-16)7-8-24-20(26)2-1-9-28-18-4-5-19-15(12-18)3-6-21(27)25-19/h4-5,10-13H,1-3,6-9H2,(H,24,26)(H,25,27). The molecular formula is C21H22Cl2N2O3. The molecule has 28 heavy (non-hydrogen) atoms. The van der Waals surface area contributed by atoms with Crippen LogP contribution in [0.5, 0.6) is 5.75 Å². The number of ether oxygens (including phenoxy) is 1. The van der Waals surface area contributed by atoms with Gasteiger partial charge in [-0.2, -0.15) is 0 Å². The lowest BCUT2D eigenvalue weighted by Crippen LogP contribution is -2.25. The van der Waals surface area contributed by atoms with Crippen LogP contribution in [0.1, 0.15) is 30.4 Å². The molecule has 0 saturated heterocycles. The van der Waals surface area contributed by atoms with Crippen LogP contribution in [-0.4, -0.2) is 25.0 Å². The lowest BCUT2D eigenvalue weighted by Gasteiger charge is -2.17. The average molecular weight is 421 g/mol. The molecule has 2 aromatic rings. The van der Waals surface area contributed by atoms with Crippen LogP contribution in [0.2, 0.25) is 10.0 Å². The van der Waals surface area contributed by atoms with Gasteiger partial charge in [0.05, 0.1) is 6.61 Å². The molecule has 0 fully saturated rings. The molecule has 1 aliphatic heterocycles. The van der Waals surface area contributed by atoms with Gasteiger partial charge in [0.25, 0.3) is 0 Å². The van der Waals surface area contributed by atoms with Gasteiger partial charge in [-0.15, -0.1) is 0 Å². The van der Waals surface area contributed by atoms with Crippen molar-refractivity contribution < 1.29 is 14.3 Å². The Morgan fingerprint density at radius 1 is 1.11 bits per heavy atom. The van der Waals surface area contributed by atoms with Crippen molar-refractivity contribution in [3.8, 4) is 5.75 Å². The Hall–Kier alpha value is -2.24. The van der Waals surface area contributed by atoms with Crippen LogP contribution >= 0.6 is 23.2 Å². The van der Waals surface area contributed by atoms with E-state index in [1.807, 2.05) is 30.3 Å². The second-order valence-corrected chi connectivity index (χ2v) is 7.57. The molecule has 148 valence electrons. The first-order valence-electron chi connectivity index (χ1n) is 9.27. The summed E-state index contributed by atoms with van der Waals surface area (Å²) in [5, 5.41) is 6.92. The van der Waals surface area contributed by atoms with Crippen molar-refractivity contribution in [1.82, 2.24) is 5.32 Å². The third-order valence-electron chi connectivity index (χ3n) is 4.45. The number of benzene rings is 2. The van der Waals surface area contributed by atoms with Gasteiger partial charge in [0, 0.05) is 35.1 Å². The minimum atomic E-state index is -0.00937. The number of hydrogen-bond donors (Lipinski definition) is 2. The summed E-state index contributed by atoms with van der Waals surface area (Å²) < 4.78 is 5.73. The molecule has 2 amide bonds. The van der Waals surface area contributed by atoms with E-state index in [9.17, 15) is 9.59 Å². The van der Waals surface area contributed by atoms with E-state index in [1.165, 1.54) is 0 Å². The zero-order chi connectivity index (χ0) is 19.9. The van der Waals surface area contributed by atoms with Gasteiger partial charge in [0.15, 0.2) is 0 Å². The topological polar surface area (TPSA) is 67.4 Å². The highest BCUT2D eigenvalue weighted by Crippen LogP contribution is 2.26. The first-order chi connectivity index (χ1) is 13.5. The fourth-order valence-corrected chi connectivity index (χ4v) is 3.63. The maximum atomic E-state index is 11.9. The predicted octanol–water partition coefficient (Wildman–Crippen LogP) is 4.40. The minimum absolute atomic E-state index is 0.00937. The second kappa shape index (κ2) is 9.80. The number of carbonyl (C=O) groups excluding carboxylic acids is 2. The van der Waals surface area contributed by atoms with Crippen molar-refractivity contribution in [3.05, 3.63) is 57.6 Å². The van der Waals surface area contributed by atoms with Crippen molar-refractivity contribution in [2.75, 3.05) is 18.5 Å². The molecule has 0 spiro atoms. The highest BCUT2D eigenvalue weighted by molar-refractivity contribution is 6.34. The van der Waals surface area contributed by atoms with Gasteiger partial charge in [-0.3, -0.25) is 9.59 Å². The van der Waals surface area contributed by atoms with E-state index in [0.717, 1.165) is 29.0 Å². The summed E-state index contributed by atoms with van der Waals surface area (Å²) in [4.78, 5) is 23.3. The van der Waals surface area contributed by atoms with E-state index in [1.54, 1.807) is 6.07 Å². The van der Waals surface area contributed by atoms with E-state index in [-0.39, 0.29) is 11.8 Å². The van der Waals surface area contributed by atoms with E-state index in [2.05, 4.69) is 10.6 Å². The summed E-state index contributed by atoms with van der Waals surface area (Å²) >= 11 is 11.9. The van der Waals surface area contributed by atoms with Gasteiger partial charge < -0.3 is 15.4 Å². The molecule has 1 heterocycles. The molecule has 7 heteroatoms. The normalized spacial score (nSPS) is 12.9. The van der Waals surface area contributed by atoms with Crippen LogP contribution in [0.3, 0.4) is 0 Å². The van der Waals surface area contributed by atoms with Gasteiger partial charge >= 0.3 is 0 Å². The van der Waals surface area contributed by atoms with Crippen molar-refractivity contribution >= 4 is 40.7 Å². The monoisotopic (exact) mass is 420 g/mol. The molecule has 0 aliphatic carbocycles. The quantitative estimate of drug-likeness (QED) is 0.621. The van der Waals surface area contributed by atoms with E-state index in [0.29, 0.717) is 48.9 Å². The van der Waals surface area contributed by atoms with Gasteiger partial charge in [-0.25, -0.2) is 0 Å². The summed E-state index contributed by atoms with van der Waals surface area (Å²) in [6, 6.07) is 11.0. The lowest BCUT2D eigenvalue weighted by molar-refractivity contribution is -0.121. The average Bonchev–Trinajstić information content (AvgIpc) is 2.64. The third kappa shape index (κ3) is 6.14. The molecule has 2 aromatic carbocycles. The predicted molar refractivity (Wildman–Crippen MR) is 111 cm³/mol. The summed E-state index contributed by atoms with van der Waals surface area (Å²) in [5.74, 6) is 0.795. The maximum absolute atomic E-state index is 11.9. The molecule has 0 aromatic heterocycles. The van der Waals surface area contributed by atoms with Crippen LogP contribution in [0.4, 0.5) is 5.69 Å². The second-order valence-electron chi connectivity index (χ2n) is 6.70. The third-order valence-corrected chi connectivity index (χ3v) is 4.88. The fraction of sp³-hybridized carbons (Fsp3) is 0.333. The zero-order valence-corrected chi connectivity index (χ0v) is 16.9. The van der Waals surface area contributed by atoms with Crippen LogP contribution in [0.15, 0.2) is 36.4 Å². The fourth-order valence-electron chi connectivity index (χ4n) is 3.06. The number of halogens is 2. The number of amides is 2. The highest BCUT2D eigenvalue weighted by atomic mass is 35.5. The van der Waals surface area contributed by atoms with Gasteiger partial charge in [-0.1, -0.05) is 23.2 Å². The molecule has 0 radical (unpaired) electrons. The largest absolute Gasteiger partial charge is 0.494 e. The molecule has 0 unspecified atom stereocenters. The maximum Gasteiger partial charge on any atom is 0.224 e. The SMILES string of the molecule is O=C(CCCOc1ccc2c(c1)CCC(=O)N2)NCCc1cc(Cl)cc(Cl)c1. The Kier molecular flexibility index (Phi) is 7.18. The van der Waals surface area contributed by atoms with Crippen molar-refractivity contribution in [2.24, 2.45) is 0 Å². The van der Waals surface area contributed by atoms with Crippen LogP contribution in [-0.2, 0) is 22.4 Å². The Morgan fingerprint density at radius 2 is 1.89 bits per heavy atom. The smallest absolute Gasteiger partial charge is 0.224 e. The summed E-state index contributed by atoms with van der Waals surface area (Å²) in [7, 11) is 0. The number of aryl methyl sites for hydroxylation is 1. The van der Waals surface area contributed by atoms with E-state index < -0.39 is 0 Å². The van der Waals surface area contributed by atoms with Crippen LogP contribution in [0, 0.1) is 0 Å². The van der Waals surface area contributed by atoms with Gasteiger partial charge in [-0.05, 0) is 66.8 Å². The van der Waals surface area contributed by atoms with Crippen LogP contribution < -0.4 is 15.4 Å². The summed E-state index contributed by atoms with van der Waals surface area (Å²) in [6.07, 6.45) is 2.92.